The number of hydrogen-bond acceptors (Lipinski definition) is 3. The van der Waals surface area contributed by atoms with Crippen LogP contribution < -0.4 is 5.32 Å². The number of aliphatic hydroxyl groups is 1. The van der Waals surface area contributed by atoms with E-state index in [9.17, 15) is 5.11 Å². The Morgan fingerprint density at radius 3 is 2.74 bits per heavy atom. The summed E-state index contributed by atoms with van der Waals surface area (Å²) in [6, 6.07) is 0. The average molecular weight is 435 g/mol. The highest BCUT2D eigenvalue weighted by Gasteiger charge is 2.19. The molecule has 0 saturated carbocycles. The van der Waals surface area contributed by atoms with Gasteiger partial charge in [-0.05, 0) is 25.7 Å². The highest BCUT2D eigenvalue weighted by Crippen LogP contribution is 2.11. The first-order valence-electron chi connectivity index (χ1n) is 8.31. The summed E-state index contributed by atoms with van der Waals surface area (Å²) >= 11 is 0. The second-order valence-electron chi connectivity index (χ2n) is 6.28. The Morgan fingerprint density at radius 2 is 2.13 bits per heavy atom. The van der Waals surface area contributed by atoms with Crippen LogP contribution in [0.2, 0.25) is 0 Å². The second kappa shape index (κ2) is 10.1. The first-order chi connectivity index (χ1) is 10.6. The molecule has 1 fully saturated rings. The third kappa shape index (κ3) is 6.29. The van der Waals surface area contributed by atoms with Crippen LogP contribution in [0.5, 0.6) is 0 Å². The van der Waals surface area contributed by atoms with Crippen molar-refractivity contribution >= 4 is 29.9 Å². The van der Waals surface area contributed by atoms with E-state index in [1.807, 2.05) is 12.4 Å². The summed E-state index contributed by atoms with van der Waals surface area (Å²) in [5.41, 5.74) is 0. The second-order valence-corrected chi connectivity index (χ2v) is 6.28. The molecule has 6 nitrogen and oxygen atoms in total. The van der Waals surface area contributed by atoms with Gasteiger partial charge < -0.3 is 19.9 Å². The lowest BCUT2D eigenvalue weighted by molar-refractivity contribution is 0.108. The van der Waals surface area contributed by atoms with Gasteiger partial charge in [-0.2, -0.15) is 0 Å². The normalized spacial score (nSPS) is 16.6. The molecule has 2 N–H and O–H groups in total. The zero-order valence-electron chi connectivity index (χ0n) is 14.4. The lowest BCUT2D eigenvalue weighted by atomic mass is 10.1. The van der Waals surface area contributed by atoms with Crippen molar-refractivity contribution < 1.29 is 5.11 Å². The minimum atomic E-state index is -0.163. The van der Waals surface area contributed by atoms with Crippen LogP contribution in [0.15, 0.2) is 17.4 Å². The molecule has 1 saturated heterocycles. The van der Waals surface area contributed by atoms with E-state index in [2.05, 4.69) is 40.5 Å². The maximum absolute atomic E-state index is 9.64. The van der Waals surface area contributed by atoms with Gasteiger partial charge in [0.25, 0.3) is 0 Å². The van der Waals surface area contributed by atoms with Crippen molar-refractivity contribution in [1.82, 2.24) is 19.8 Å². The predicted octanol–water partition coefficient (Wildman–Crippen LogP) is 2.08. The number of aromatic nitrogens is 2. The monoisotopic (exact) mass is 435 g/mol. The summed E-state index contributed by atoms with van der Waals surface area (Å²) in [4.78, 5) is 11.4. The molecule has 0 aliphatic carbocycles. The molecule has 1 aliphatic heterocycles. The number of piperidine rings is 1. The van der Waals surface area contributed by atoms with E-state index in [1.165, 1.54) is 0 Å². The van der Waals surface area contributed by atoms with Gasteiger partial charge in [0.2, 0.25) is 0 Å². The predicted molar refractivity (Wildman–Crippen MR) is 104 cm³/mol. The third-order valence-corrected chi connectivity index (χ3v) is 3.83. The molecule has 1 aliphatic rings. The topological polar surface area (TPSA) is 65.7 Å². The number of likely N-dealkylation sites (tertiary alicyclic amines) is 1. The van der Waals surface area contributed by atoms with E-state index in [4.69, 9.17) is 4.99 Å². The van der Waals surface area contributed by atoms with E-state index in [0.29, 0.717) is 12.5 Å². The van der Waals surface area contributed by atoms with E-state index >= 15 is 0 Å². The van der Waals surface area contributed by atoms with Crippen molar-refractivity contribution in [3.8, 4) is 0 Å². The van der Waals surface area contributed by atoms with Gasteiger partial charge in [-0.25, -0.2) is 9.98 Å². The van der Waals surface area contributed by atoms with Crippen LogP contribution in [0.4, 0.5) is 0 Å². The zero-order chi connectivity index (χ0) is 15.9. The van der Waals surface area contributed by atoms with Gasteiger partial charge in [-0.15, -0.1) is 24.0 Å². The Kier molecular flexibility index (Phi) is 8.90. The van der Waals surface area contributed by atoms with Crippen LogP contribution in [0.25, 0.3) is 0 Å². The van der Waals surface area contributed by atoms with Gasteiger partial charge in [0, 0.05) is 38.6 Å². The van der Waals surface area contributed by atoms with Crippen molar-refractivity contribution in [2.75, 3.05) is 19.6 Å². The molecule has 0 aromatic carbocycles. The lowest BCUT2D eigenvalue weighted by Crippen LogP contribution is -2.46. The molecule has 0 radical (unpaired) electrons. The highest BCUT2D eigenvalue weighted by molar-refractivity contribution is 14.0. The number of hydrogen-bond donors (Lipinski definition) is 2. The van der Waals surface area contributed by atoms with E-state index in [1.54, 1.807) is 0 Å². The van der Waals surface area contributed by atoms with E-state index in [0.717, 1.165) is 50.8 Å². The number of nitrogens with zero attached hydrogens (tertiary/aromatic N) is 4. The first-order valence-corrected chi connectivity index (χ1v) is 8.31. The molecule has 23 heavy (non-hydrogen) atoms. The number of nitrogens with one attached hydrogen (secondary N) is 1. The number of guanidine groups is 1. The van der Waals surface area contributed by atoms with Crippen molar-refractivity contribution in [1.29, 1.82) is 0 Å². The van der Waals surface area contributed by atoms with Crippen LogP contribution in [-0.4, -0.2) is 51.3 Å². The number of aliphatic hydroxyl groups excluding tert-OH is 1. The molecule has 1 aromatic heterocycles. The van der Waals surface area contributed by atoms with Crippen LogP contribution >= 0.6 is 24.0 Å². The Labute approximate surface area is 156 Å². The maximum Gasteiger partial charge on any atom is 0.194 e. The van der Waals surface area contributed by atoms with Crippen LogP contribution in [0.3, 0.4) is 0 Å². The highest BCUT2D eigenvalue weighted by atomic mass is 127. The fourth-order valence-corrected chi connectivity index (χ4v) is 2.70. The molecule has 7 heteroatoms. The summed E-state index contributed by atoms with van der Waals surface area (Å²) in [5, 5.41) is 13.0. The average Bonchev–Trinajstić information content (AvgIpc) is 2.91. The van der Waals surface area contributed by atoms with Gasteiger partial charge in [-0.3, -0.25) is 0 Å². The minimum Gasteiger partial charge on any atom is -0.393 e. The molecule has 0 spiro atoms. The minimum absolute atomic E-state index is 0. The van der Waals surface area contributed by atoms with E-state index < -0.39 is 0 Å². The molecule has 2 rings (SSSR count). The molecular weight excluding hydrogens is 405 g/mol. The van der Waals surface area contributed by atoms with Crippen LogP contribution in [-0.2, 0) is 13.1 Å². The van der Waals surface area contributed by atoms with Gasteiger partial charge in [-0.1, -0.05) is 13.8 Å². The molecule has 2 heterocycles. The molecular formula is C16H30IN5O. The maximum atomic E-state index is 9.64. The number of aliphatic imine (C=N–C) groups is 1. The van der Waals surface area contributed by atoms with Crippen LogP contribution in [0, 0.1) is 5.92 Å². The molecule has 0 atom stereocenters. The smallest absolute Gasteiger partial charge is 0.194 e. The Hall–Kier alpha value is -0.830. The third-order valence-electron chi connectivity index (χ3n) is 3.83. The standard InChI is InChI=1S/C16H29N5O.HI/c1-4-17-16(20-8-5-14(22)6-9-20)19-11-15-18-7-10-21(15)12-13(2)3;/h7,10,13-14,22H,4-6,8-9,11-12H2,1-3H3,(H,17,19);1H. The molecule has 0 bridgehead atoms. The summed E-state index contributed by atoms with van der Waals surface area (Å²) in [7, 11) is 0. The molecule has 0 unspecified atom stereocenters. The SMILES string of the molecule is CCNC(=NCc1nccn1CC(C)C)N1CCC(O)CC1.I. The van der Waals surface area contributed by atoms with Crippen molar-refractivity contribution in [2.45, 2.75) is 52.8 Å². The van der Waals surface area contributed by atoms with Crippen molar-refractivity contribution in [2.24, 2.45) is 10.9 Å². The fourth-order valence-electron chi connectivity index (χ4n) is 2.70. The Balaban J connectivity index is 0.00000264. The largest absolute Gasteiger partial charge is 0.393 e. The van der Waals surface area contributed by atoms with Gasteiger partial charge in [0.1, 0.15) is 12.4 Å². The Morgan fingerprint density at radius 1 is 1.43 bits per heavy atom. The van der Waals surface area contributed by atoms with Gasteiger partial charge in [0.05, 0.1) is 6.10 Å². The summed E-state index contributed by atoms with van der Waals surface area (Å²) in [6.07, 6.45) is 5.33. The summed E-state index contributed by atoms with van der Waals surface area (Å²) < 4.78 is 2.18. The lowest BCUT2D eigenvalue weighted by Gasteiger charge is -2.32. The number of rotatable bonds is 5. The first kappa shape index (κ1) is 20.2. The Bertz CT molecular complexity index is 481. The molecule has 1 aromatic rings. The summed E-state index contributed by atoms with van der Waals surface area (Å²) in [6.45, 7) is 10.6. The van der Waals surface area contributed by atoms with Crippen molar-refractivity contribution in [3.05, 3.63) is 18.2 Å². The number of halogens is 1. The molecule has 0 amide bonds. The zero-order valence-corrected chi connectivity index (χ0v) is 16.7. The molecule has 132 valence electrons. The quantitative estimate of drug-likeness (QED) is 0.422. The summed E-state index contributed by atoms with van der Waals surface area (Å²) in [5.74, 6) is 2.52. The van der Waals surface area contributed by atoms with Gasteiger partial charge in [0.15, 0.2) is 5.96 Å². The van der Waals surface area contributed by atoms with Crippen LogP contribution in [0.1, 0.15) is 39.4 Å². The van der Waals surface area contributed by atoms with Crippen molar-refractivity contribution in [3.63, 3.8) is 0 Å². The van der Waals surface area contributed by atoms with E-state index in [-0.39, 0.29) is 30.1 Å². The number of imidazole rings is 1. The van der Waals surface area contributed by atoms with Gasteiger partial charge >= 0.3 is 0 Å². The fraction of sp³-hybridized carbons (Fsp3) is 0.750.